The molecule has 0 atom stereocenters. The molecular weight excluding hydrogens is 396 g/mol. The SMILES string of the molecule is COc1ccc(-c2nc(-c3ccccc3)c(-c3ccc(Oc4ccccc4)cc3)[nH]2)cc1. The average Bonchev–Trinajstić information content (AvgIpc) is 3.31. The minimum atomic E-state index is 0.788. The van der Waals surface area contributed by atoms with Crippen LogP contribution in [-0.2, 0) is 0 Å². The number of hydrogen-bond acceptors (Lipinski definition) is 3. The first-order valence-corrected chi connectivity index (χ1v) is 10.4. The number of nitrogens with zero attached hydrogens (tertiary/aromatic N) is 1. The number of hydrogen-bond donors (Lipinski definition) is 1. The van der Waals surface area contributed by atoms with Crippen molar-refractivity contribution >= 4 is 0 Å². The number of imidazole rings is 1. The predicted octanol–water partition coefficient (Wildman–Crippen LogP) is 7.21. The maximum absolute atomic E-state index is 5.94. The molecule has 1 N–H and O–H groups in total. The number of H-pyrrole nitrogens is 1. The normalized spacial score (nSPS) is 10.7. The third-order valence-electron chi connectivity index (χ3n) is 5.24. The van der Waals surface area contributed by atoms with E-state index in [0.29, 0.717) is 0 Å². The quantitative estimate of drug-likeness (QED) is 0.317. The number of para-hydroxylation sites is 1. The van der Waals surface area contributed by atoms with Crippen molar-refractivity contribution in [3.8, 4) is 51.2 Å². The van der Waals surface area contributed by atoms with Crippen LogP contribution in [0.2, 0.25) is 0 Å². The summed E-state index contributed by atoms with van der Waals surface area (Å²) in [6.07, 6.45) is 0. The number of ether oxygens (including phenoxy) is 2. The minimum Gasteiger partial charge on any atom is -0.497 e. The van der Waals surface area contributed by atoms with E-state index in [-0.39, 0.29) is 0 Å². The van der Waals surface area contributed by atoms with Gasteiger partial charge in [-0.05, 0) is 60.7 Å². The molecule has 0 fully saturated rings. The maximum atomic E-state index is 5.94. The summed E-state index contributed by atoms with van der Waals surface area (Å²) in [6, 6.07) is 35.9. The van der Waals surface area contributed by atoms with E-state index in [1.165, 1.54) is 0 Å². The number of aromatic nitrogens is 2. The Hall–Kier alpha value is -4.31. The Kier molecular flexibility index (Phi) is 5.41. The standard InChI is InChI=1S/C28H22N2O2/c1-31-23-16-14-22(15-17-23)28-29-26(20-8-4-2-5-9-20)27(30-28)21-12-18-25(19-13-21)32-24-10-6-3-7-11-24/h2-19H,1H3,(H,29,30). The van der Waals surface area contributed by atoms with Crippen molar-refractivity contribution in [1.82, 2.24) is 9.97 Å². The zero-order valence-electron chi connectivity index (χ0n) is 17.7. The lowest BCUT2D eigenvalue weighted by Crippen LogP contribution is -1.86. The fourth-order valence-electron chi connectivity index (χ4n) is 3.59. The molecule has 1 aromatic heterocycles. The summed E-state index contributed by atoms with van der Waals surface area (Å²) in [7, 11) is 1.67. The van der Waals surface area contributed by atoms with Crippen LogP contribution in [-0.4, -0.2) is 17.1 Å². The van der Waals surface area contributed by atoms with Crippen LogP contribution in [0.4, 0.5) is 0 Å². The number of rotatable bonds is 6. The Bertz CT molecular complexity index is 1290. The molecule has 156 valence electrons. The molecule has 5 rings (SSSR count). The van der Waals surface area contributed by atoms with Crippen LogP contribution in [0.1, 0.15) is 0 Å². The highest BCUT2D eigenvalue weighted by molar-refractivity contribution is 5.81. The molecular formula is C28H22N2O2. The monoisotopic (exact) mass is 418 g/mol. The highest BCUT2D eigenvalue weighted by atomic mass is 16.5. The van der Waals surface area contributed by atoms with Crippen LogP contribution in [0.15, 0.2) is 109 Å². The first-order valence-electron chi connectivity index (χ1n) is 10.4. The van der Waals surface area contributed by atoms with Crippen molar-refractivity contribution in [2.24, 2.45) is 0 Å². The van der Waals surface area contributed by atoms with Gasteiger partial charge in [0.2, 0.25) is 0 Å². The molecule has 5 aromatic rings. The van der Waals surface area contributed by atoms with Gasteiger partial charge >= 0.3 is 0 Å². The van der Waals surface area contributed by atoms with Gasteiger partial charge in [-0.15, -0.1) is 0 Å². The van der Waals surface area contributed by atoms with Crippen molar-refractivity contribution < 1.29 is 9.47 Å². The molecule has 0 aliphatic heterocycles. The fraction of sp³-hybridized carbons (Fsp3) is 0.0357. The van der Waals surface area contributed by atoms with E-state index in [4.69, 9.17) is 14.5 Å². The molecule has 0 bridgehead atoms. The van der Waals surface area contributed by atoms with E-state index in [0.717, 1.165) is 51.2 Å². The van der Waals surface area contributed by atoms with Crippen molar-refractivity contribution in [3.63, 3.8) is 0 Å². The molecule has 0 spiro atoms. The largest absolute Gasteiger partial charge is 0.497 e. The van der Waals surface area contributed by atoms with Crippen LogP contribution < -0.4 is 9.47 Å². The van der Waals surface area contributed by atoms with Crippen LogP contribution >= 0.6 is 0 Å². The summed E-state index contributed by atoms with van der Waals surface area (Å²) in [5, 5.41) is 0. The number of nitrogens with one attached hydrogen (secondary N) is 1. The van der Waals surface area contributed by atoms with E-state index in [1.54, 1.807) is 7.11 Å². The first kappa shape index (κ1) is 19.6. The van der Waals surface area contributed by atoms with Gasteiger partial charge in [0.05, 0.1) is 18.5 Å². The van der Waals surface area contributed by atoms with Crippen molar-refractivity contribution in [2.75, 3.05) is 7.11 Å². The highest BCUT2D eigenvalue weighted by Crippen LogP contribution is 2.34. The van der Waals surface area contributed by atoms with Crippen molar-refractivity contribution in [2.45, 2.75) is 0 Å². The number of methoxy groups -OCH3 is 1. The predicted molar refractivity (Wildman–Crippen MR) is 128 cm³/mol. The Morgan fingerprint density at radius 2 is 1.12 bits per heavy atom. The summed E-state index contributed by atoms with van der Waals surface area (Å²) in [5.41, 5.74) is 4.97. The summed E-state index contributed by atoms with van der Waals surface area (Å²) in [6.45, 7) is 0. The van der Waals surface area contributed by atoms with E-state index in [1.807, 2.05) is 84.9 Å². The molecule has 4 aromatic carbocycles. The molecule has 1 heterocycles. The van der Waals surface area contributed by atoms with Gasteiger partial charge in [-0.2, -0.15) is 0 Å². The van der Waals surface area contributed by atoms with Crippen LogP contribution in [0.5, 0.6) is 17.2 Å². The highest BCUT2D eigenvalue weighted by Gasteiger charge is 2.15. The van der Waals surface area contributed by atoms with Gasteiger partial charge in [0, 0.05) is 16.7 Å². The van der Waals surface area contributed by atoms with Gasteiger partial charge in [0.1, 0.15) is 23.1 Å². The summed E-state index contributed by atoms with van der Waals surface area (Å²) in [4.78, 5) is 8.47. The third kappa shape index (κ3) is 4.12. The Morgan fingerprint density at radius 1 is 0.562 bits per heavy atom. The van der Waals surface area contributed by atoms with E-state index >= 15 is 0 Å². The second-order valence-electron chi connectivity index (χ2n) is 7.34. The molecule has 32 heavy (non-hydrogen) atoms. The molecule has 4 nitrogen and oxygen atoms in total. The minimum absolute atomic E-state index is 0.788. The Balaban J connectivity index is 1.52. The van der Waals surface area contributed by atoms with Gasteiger partial charge in [-0.25, -0.2) is 4.98 Å². The Labute approximate surface area is 187 Å². The Morgan fingerprint density at radius 3 is 1.78 bits per heavy atom. The second kappa shape index (κ2) is 8.82. The third-order valence-corrected chi connectivity index (χ3v) is 5.24. The van der Waals surface area contributed by atoms with Gasteiger partial charge in [-0.3, -0.25) is 0 Å². The molecule has 0 aliphatic rings. The molecule has 0 saturated heterocycles. The van der Waals surface area contributed by atoms with Gasteiger partial charge in [0.15, 0.2) is 0 Å². The number of aromatic amines is 1. The topological polar surface area (TPSA) is 47.1 Å². The van der Waals surface area contributed by atoms with Crippen molar-refractivity contribution in [1.29, 1.82) is 0 Å². The zero-order chi connectivity index (χ0) is 21.8. The van der Waals surface area contributed by atoms with Gasteiger partial charge in [0.25, 0.3) is 0 Å². The zero-order valence-corrected chi connectivity index (χ0v) is 17.7. The summed E-state index contributed by atoms with van der Waals surface area (Å²) < 4.78 is 11.2. The lowest BCUT2D eigenvalue weighted by Gasteiger charge is -2.07. The molecule has 0 radical (unpaired) electrons. The second-order valence-corrected chi connectivity index (χ2v) is 7.34. The van der Waals surface area contributed by atoms with E-state index in [9.17, 15) is 0 Å². The maximum Gasteiger partial charge on any atom is 0.138 e. The molecule has 0 saturated carbocycles. The molecule has 4 heteroatoms. The molecule has 0 aliphatic carbocycles. The first-order chi connectivity index (χ1) is 15.8. The van der Waals surface area contributed by atoms with Crippen molar-refractivity contribution in [3.05, 3.63) is 109 Å². The number of benzene rings is 4. The fourth-order valence-corrected chi connectivity index (χ4v) is 3.59. The molecule has 0 unspecified atom stereocenters. The average molecular weight is 418 g/mol. The summed E-state index contributed by atoms with van der Waals surface area (Å²) in [5.74, 6) is 3.23. The van der Waals surface area contributed by atoms with Crippen LogP contribution in [0, 0.1) is 0 Å². The lowest BCUT2D eigenvalue weighted by molar-refractivity contribution is 0.415. The smallest absolute Gasteiger partial charge is 0.138 e. The lowest BCUT2D eigenvalue weighted by atomic mass is 10.1. The van der Waals surface area contributed by atoms with Gasteiger partial charge < -0.3 is 14.5 Å². The molecule has 0 amide bonds. The van der Waals surface area contributed by atoms with Crippen LogP contribution in [0.25, 0.3) is 33.9 Å². The summed E-state index contributed by atoms with van der Waals surface area (Å²) >= 11 is 0. The van der Waals surface area contributed by atoms with E-state index < -0.39 is 0 Å². The van der Waals surface area contributed by atoms with Crippen LogP contribution in [0.3, 0.4) is 0 Å². The van der Waals surface area contributed by atoms with Gasteiger partial charge in [-0.1, -0.05) is 48.5 Å². The van der Waals surface area contributed by atoms with E-state index in [2.05, 4.69) is 29.2 Å².